The van der Waals surface area contributed by atoms with E-state index < -0.39 is 11.4 Å². The topological polar surface area (TPSA) is 37.3 Å². The van der Waals surface area contributed by atoms with Crippen LogP contribution in [0.2, 0.25) is 0 Å². The van der Waals surface area contributed by atoms with E-state index in [1.165, 1.54) is 5.56 Å². The highest BCUT2D eigenvalue weighted by molar-refractivity contribution is 5.76. The van der Waals surface area contributed by atoms with Gasteiger partial charge in [0.25, 0.3) is 0 Å². The number of alkyl halides is 1. The molecule has 0 heterocycles. The van der Waals surface area contributed by atoms with E-state index in [4.69, 9.17) is 0 Å². The Bertz CT molecular complexity index is 601. The van der Waals surface area contributed by atoms with Gasteiger partial charge in [-0.15, -0.1) is 0 Å². The van der Waals surface area contributed by atoms with Crippen LogP contribution < -0.4 is 0 Å². The smallest absolute Gasteiger partial charge is 0.309 e. The summed E-state index contributed by atoms with van der Waals surface area (Å²) in [5, 5.41) is 9.93. The van der Waals surface area contributed by atoms with Gasteiger partial charge in [-0.25, -0.2) is 0 Å². The molecular formula is C19H23FO2. The van der Waals surface area contributed by atoms with Gasteiger partial charge in [0.15, 0.2) is 0 Å². The third-order valence-electron chi connectivity index (χ3n) is 6.65. The van der Waals surface area contributed by atoms with E-state index in [1.807, 2.05) is 18.2 Å². The molecule has 0 radical (unpaired) electrons. The zero-order valence-electron chi connectivity index (χ0n) is 12.9. The first-order valence-corrected chi connectivity index (χ1v) is 8.37. The molecule has 2 unspecified atom stereocenters. The van der Waals surface area contributed by atoms with Crippen molar-refractivity contribution in [3.05, 3.63) is 35.9 Å². The molecule has 4 aliphatic rings. The summed E-state index contributed by atoms with van der Waals surface area (Å²) in [6.07, 6.45) is 5.84. The number of halogens is 1. The van der Waals surface area contributed by atoms with Gasteiger partial charge in [-0.05, 0) is 67.3 Å². The van der Waals surface area contributed by atoms with Crippen LogP contribution in [0, 0.1) is 16.7 Å². The molecule has 0 aliphatic heterocycles. The Morgan fingerprint density at radius 3 is 2.59 bits per heavy atom. The molecule has 2 nitrogen and oxygen atoms in total. The van der Waals surface area contributed by atoms with E-state index in [-0.39, 0.29) is 17.5 Å². The Morgan fingerprint density at radius 1 is 1.14 bits per heavy atom. The minimum atomic E-state index is -0.653. The number of hydrogen-bond acceptors (Lipinski definition) is 1. The molecule has 1 aromatic carbocycles. The zero-order chi connectivity index (χ0) is 15.4. The van der Waals surface area contributed by atoms with Gasteiger partial charge in [-0.1, -0.05) is 30.3 Å². The summed E-state index contributed by atoms with van der Waals surface area (Å²) in [7, 11) is 0. The molecule has 3 heteroatoms. The highest BCUT2D eigenvalue weighted by Crippen LogP contribution is 2.71. The molecule has 4 atom stereocenters. The minimum Gasteiger partial charge on any atom is -0.481 e. The molecule has 5 rings (SSSR count). The lowest BCUT2D eigenvalue weighted by molar-refractivity contribution is -0.180. The van der Waals surface area contributed by atoms with Gasteiger partial charge in [-0.2, -0.15) is 0 Å². The van der Waals surface area contributed by atoms with Gasteiger partial charge in [-0.3, -0.25) is 9.18 Å². The van der Waals surface area contributed by atoms with Gasteiger partial charge in [0, 0.05) is 0 Å². The van der Waals surface area contributed by atoms with E-state index in [1.54, 1.807) is 0 Å². The van der Waals surface area contributed by atoms with Crippen LogP contribution in [0.5, 0.6) is 0 Å². The Hall–Kier alpha value is -1.38. The summed E-state index contributed by atoms with van der Waals surface area (Å²) >= 11 is 0. The molecular weight excluding hydrogens is 279 g/mol. The normalized spacial score (nSPS) is 42.5. The first kappa shape index (κ1) is 14.2. The van der Waals surface area contributed by atoms with Crippen molar-refractivity contribution < 1.29 is 14.3 Å². The predicted octanol–water partition coefficient (Wildman–Crippen LogP) is 4.34. The van der Waals surface area contributed by atoms with E-state index in [0.29, 0.717) is 18.8 Å². The second-order valence-electron chi connectivity index (χ2n) is 8.18. The van der Waals surface area contributed by atoms with Crippen molar-refractivity contribution in [3.63, 3.8) is 0 Å². The molecule has 4 aliphatic carbocycles. The van der Waals surface area contributed by atoms with Gasteiger partial charge < -0.3 is 5.11 Å². The van der Waals surface area contributed by atoms with Gasteiger partial charge in [0.2, 0.25) is 0 Å². The average molecular weight is 302 g/mol. The van der Waals surface area contributed by atoms with Crippen LogP contribution in [0.15, 0.2) is 30.3 Å². The summed E-state index contributed by atoms with van der Waals surface area (Å²) in [6, 6.07) is 10.4. The third kappa shape index (κ3) is 1.87. The van der Waals surface area contributed by atoms with Crippen molar-refractivity contribution in [2.75, 3.05) is 6.67 Å². The number of aliphatic carboxylic acids is 1. The molecule has 0 amide bonds. The van der Waals surface area contributed by atoms with Crippen molar-refractivity contribution in [2.24, 2.45) is 16.7 Å². The molecule has 0 aromatic heterocycles. The minimum absolute atomic E-state index is 0.0474. The standard InChI is InChI=1S/C19H23FO2/c20-7-6-17-8-14-9-18(11-17,15-4-2-1-3-5-15)13-19(10-14,12-17)16(21)22/h1-5,14H,6-13H2,(H,21,22)/t14?,17-,18-,19?/m0/s1. The van der Waals surface area contributed by atoms with Crippen LogP contribution in [-0.2, 0) is 10.2 Å². The maximum Gasteiger partial charge on any atom is 0.309 e. The average Bonchev–Trinajstić information content (AvgIpc) is 2.46. The Balaban J connectivity index is 1.83. The lowest BCUT2D eigenvalue weighted by Crippen LogP contribution is -2.61. The summed E-state index contributed by atoms with van der Waals surface area (Å²) in [5.74, 6) is -0.209. The molecule has 4 fully saturated rings. The van der Waals surface area contributed by atoms with Crippen molar-refractivity contribution in [2.45, 2.75) is 50.4 Å². The first-order valence-electron chi connectivity index (χ1n) is 8.37. The highest BCUT2D eigenvalue weighted by Gasteiger charge is 2.65. The Kier molecular flexibility index (Phi) is 2.95. The van der Waals surface area contributed by atoms with Crippen molar-refractivity contribution in [1.29, 1.82) is 0 Å². The number of carboxylic acid groups (broad SMARTS) is 1. The number of rotatable bonds is 4. The number of carbonyl (C=O) groups is 1. The summed E-state index contributed by atoms with van der Waals surface area (Å²) < 4.78 is 13.2. The van der Waals surface area contributed by atoms with Crippen LogP contribution in [0.1, 0.15) is 50.5 Å². The van der Waals surface area contributed by atoms with Crippen LogP contribution >= 0.6 is 0 Å². The molecule has 0 saturated heterocycles. The zero-order valence-corrected chi connectivity index (χ0v) is 12.9. The second kappa shape index (κ2) is 4.56. The van der Waals surface area contributed by atoms with Crippen LogP contribution in [-0.4, -0.2) is 17.8 Å². The summed E-state index contributed by atoms with van der Waals surface area (Å²) in [6.45, 7) is -0.326. The van der Waals surface area contributed by atoms with E-state index in [9.17, 15) is 14.3 Å². The van der Waals surface area contributed by atoms with Crippen molar-refractivity contribution in [1.82, 2.24) is 0 Å². The van der Waals surface area contributed by atoms with Crippen molar-refractivity contribution in [3.8, 4) is 0 Å². The Labute approximate surface area is 130 Å². The van der Waals surface area contributed by atoms with Crippen LogP contribution in [0.3, 0.4) is 0 Å². The molecule has 0 spiro atoms. The fourth-order valence-electron chi connectivity index (χ4n) is 6.47. The van der Waals surface area contributed by atoms with Gasteiger partial charge >= 0.3 is 5.97 Å². The molecule has 1 N–H and O–H groups in total. The molecule has 1 aromatic rings. The maximum atomic E-state index is 13.2. The van der Waals surface area contributed by atoms with Crippen LogP contribution in [0.25, 0.3) is 0 Å². The van der Waals surface area contributed by atoms with E-state index in [0.717, 1.165) is 32.1 Å². The SMILES string of the molecule is O=C(O)C12CC3C[C@](CCF)(C1)C[C@@](c1ccccc1)(C3)C2. The fourth-order valence-corrected chi connectivity index (χ4v) is 6.47. The quantitative estimate of drug-likeness (QED) is 0.898. The molecule has 118 valence electrons. The lowest BCUT2D eigenvalue weighted by atomic mass is 9.38. The molecule has 4 bridgehead atoms. The fraction of sp³-hybridized carbons (Fsp3) is 0.632. The van der Waals surface area contributed by atoms with E-state index >= 15 is 0 Å². The van der Waals surface area contributed by atoms with Crippen molar-refractivity contribution >= 4 is 5.97 Å². The molecule has 22 heavy (non-hydrogen) atoms. The Morgan fingerprint density at radius 2 is 1.91 bits per heavy atom. The lowest BCUT2D eigenvalue weighted by Gasteiger charge is -2.65. The monoisotopic (exact) mass is 302 g/mol. The number of benzene rings is 1. The highest BCUT2D eigenvalue weighted by atomic mass is 19.1. The predicted molar refractivity (Wildman–Crippen MR) is 82.4 cm³/mol. The molecule has 4 saturated carbocycles. The second-order valence-corrected chi connectivity index (χ2v) is 8.18. The van der Waals surface area contributed by atoms with Gasteiger partial charge in [0.1, 0.15) is 0 Å². The first-order chi connectivity index (χ1) is 10.5. The van der Waals surface area contributed by atoms with Crippen LogP contribution in [0.4, 0.5) is 4.39 Å². The van der Waals surface area contributed by atoms with Gasteiger partial charge in [0.05, 0.1) is 12.1 Å². The number of carboxylic acids is 1. The van der Waals surface area contributed by atoms with E-state index in [2.05, 4.69) is 12.1 Å². The largest absolute Gasteiger partial charge is 0.481 e. The third-order valence-corrected chi connectivity index (χ3v) is 6.65. The summed E-state index contributed by atoms with van der Waals surface area (Å²) in [4.78, 5) is 12.1. The number of hydrogen-bond donors (Lipinski definition) is 1. The summed E-state index contributed by atoms with van der Waals surface area (Å²) in [5.41, 5.74) is 0.508. The maximum absolute atomic E-state index is 13.2.